The Morgan fingerprint density at radius 3 is 2.50 bits per heavy atom. The molecule has 0 aliphatic carbocycles. The molecule has 4 heteroatoms. The summed E-state index contributed by atoms with van der Waals surface area (Å²) in [6.45, 7) is 6.00. The first-order chi connectivity index (χ1) is 10.6. The van der Waals surface area contributed by atoms with Crippen LogP contribution in [0, 0.1) is 20.8 Å². The zero-order valence-electron chi connectivity index (χ0n) is 12.9. The van der Waals surface area contributed by atoms with Gasteiger partial charge in [-0.15, -0.1) is 0 Å². The minimum absolute atomic E-state index is 0.153. The summed E-state index contributed by atoms with van der Waals surface area (Å²) in [4.78, 5) is 12.4. The second kappa shape index (κ2) is 5.72. The van der Waals surface area contributed by atoms with Crippen LogP contribution in [0.15, 0.2) is 36.4 Å². The first kappa shape index (κ1) is 14.4. The van der Waals surface area contributed by atoms with Gasteiger partial charge in [0.2, 0.25) is 6.10 Å². The monoisotopic (exact) mass is 298 g/mol. The SMILES string of the molecule is Cc1ccc(C)c(OC(=O)C2COc3ccccc3O2)c1C. The van der Waals surface area contributed by atoms with Crippen molar-refractivity contribution in [2.75, 3.05) is 6.61 Å². The van der Waals surface area contributed by atoms with E-state index in [1.54, 1.807) is 6.07 Å². The molecule has 1 aliphatic rings. The number of rotatable bonds is 2. The number of aryl methyl sites for hydroxylation is 2. The molecule has 4 nitrogen and oxygen atoms in total. The van der Waals surface area contributed by atoms with Crippen molar-refractivity contribution < 1.29 is 19.0 Å². The van der Waals surface area contributed by atoms with E-state index in [1.807, 2.05) is 51.1 Å². The summed E-state index contributed by atoms with van der Waals surface area (Å²) in [5.41, 5.74) is 2.97. The second-order valence-corrected chi connectivity index (χ2v) is 5.44. The maximum Gasteiger partial charge on any atom is 0.356 e. The zero-order valence-corrected chi connectivity index (χ0v) is 12.9. The van der Waals surface area contributed by atoms with E-state index in [0.717, 1.165) is 16.7 Å². The number of esters is 1. The molecule has 0 amide bonds. The fourth-order valence-electron chi connectivity index (χ4n) is 2.38. The van der Waals surface area contributed by atoms with Crippen LogP contribution in [0.5, 0.6) is 17.2 Å². The Morgan fingerprint density at radius 2 is 1.73 bits per heavy atom. The third kappa shape index (κ3) is 2.64. The minimum atomic E-state index is -0.755. The predicted octanol–water partition coefficient (Wildman–Crippen LogP) is 3.36. The van der Waals surface area contributed by atoms with Crippen LogP contribution in [0.3, 0.4) is 0 Å². The first-order valence-corrected chi connectivity index (χ1v) is 7.23. The highest BCUT2D eigenvalue weighted by molar-refractivity contribution is 5.79. The van der Waals surface area contributed by atoms with Crippen molar-refractivity contribution in [1.82, 2.24) is 0 Å². The van der Waals surface area contributed by atoms with Gasteiger partial charge < -0.3 is 14.2 Å². The molecule has 0 fully saturated rings. The normalized spacial score (nSPS) is 16.2. The molecular formula is C18H18O4. The number of fused-ring (bicyclic) bond motifs is 1. The molecule has 1 aliphatic heterocycles. The highest BCUT2D eigenvalue weighted by atomic mass is 16.6. The van der Waals surface area contributed by atoms with Crippen molar-refractivity contribution in [2.45, 2.75) is 26.9 Å². The Morgan fingerprint density at radius 1 is 1.05 bits per heavy atom. The van der Waals surface area contributed by atoms with E-state index >= 15 is 0 Å². The van der Waals surface area contributed by atoms with E-state index in [-0.39, 0.29) is 6.61 Å². The molecule has 2 aromatic carbocycles. The molecule has 0 spiro atoms. The molecule has 1 unspecified atom stereocenters. The smallest absolute Gasteiger partial charge is 0.356 e. The maximum absolute atomic E-state index is 12.4. The number of hydrogen-bond donors (Lipinski definition) is 0. The molecule has 0 aromatic heterocycles. The number of hydrogen-bond acceptors (Lipinski definition) is 4. The van der Waals surface area contributed by atoms with Crippen molar-refractivity contribution in [3.63, 3.8) is 0 Å². The molecule has 1 atom stereocenters. The molecule has 0 saturated carbocycles. The maximum atomic E-state index is 12.4. The Hall–Kier alpha value is -2.49. The van der Waals surface area contributed by atoms with Gasteiger partial charge in [-0.2, -0.15) is 0 Å². The second-order valence-electron chi connectivity index (χ2n) is 5.44. The minimum Gasteiger partial charge on any atom is -0.485 e. The van der Waals surface area contributed by atoms with Crippen LogP contribution in [0.4, 0.5) is 0 Å². The van der Waals surface area contributed by atoms with Gasteiger partial charge in [0.05, 0.1) is 0 Å². The largest absolute Gasteiger partial charge is 0.485 e. The Labute approximate surface area is 129 Å². The molecule has 0 radical (unpaired) electrons. The number of carbonyl (C=O) groups is 1. The van der Waals surface area contributed by atoms with Gasteiger partial charge in [0, 0.05) is 0 Å². The van der Waals surface area contributed by atoms with Gasteiger partial charge >= 0.3 is 5.97 Å². The van der Waals surface area contributed by atoms with Gasteiger partial charge in [-0.05, 0) is 49.6 Å². The fourth-order valence-corrected chi connectivity index (χ4v) is 2.38. The Bertz CT molecular complexity index is 721. The van der Waals surface area contributed by atoms with Gasteiger partial charge in [0.15, 0.2) is 11.5 Å². The van der Waals surface area contributed by atoms with Crippen LogP contribution in [0.2, 0.25) is 0 Å². The van der Waals surface area contributed by atoms with E-state index < -0.39 is 12.1 Å². The lowest BCUT2D eigenvalue weighted by Gasteiger charge is -2.25. The molecule has 0 N–H and O–H groups in total. The molecule has 0 saturated heterocycles. The third-order valence-electron chi connectivity index (χ3n) is 3.85. The molecular weight excluding hydrogens is 280 g/mol. The standard InChI is InChI=1S/C18H18O4/c1-11-8-9-12(2)17(13(11)3)22-18(19)16-10-20-14-6-4-5-7-15(14)21-16/h4-9,16H,10H2,1-3H3. The average molecular weight is 298 g/mol. The molecule has 114 valence electrons. The number of ether oxygens (including phenoxy) is 3. The van der Waals surface area contributed by atoms with Crippen molar-refractivity contribution in [3.05, 3.63) is 53.1 Å². The quantitative estimate of drug-likeness (QED) is 0.630. The zero-order chi connectivity index (χ0) is 15.7. The van der Waals surface area contributed by atoms with Gasteiger partial charge in [-0.1, -0.05) is 24.3 Å². The first-order valence-electron chi connectivity index (χ1n) is 7.23. The van der Waals surface area contributed by atoms with Crippen molar-refractivity contribution in [2.24, 2.45) is 0 Å². The number of para-hydroxylation sites is 2. The fraction of sp³-hybridized carbons (Fsp3) is 0.278. The summed E-state index contributed by atoms with van der Waals surface area (Å²) in [6.07, 6.45) is -0.755. The lowest BCUT2D eigenvalue weighted by atomic mass is 10.1. The molecule has 3 rings (SSSR count). The summed E-state index contributed by atoms with van der Waals surface area (Å²) in [5.74, 6) is 1.38. The lowest BCUT2D eigenvalue weighted by molar-refractivity contribution is -0.144. The molecule has 0 bridgehead atoms. The van der Waals surface area contributed by atoms with E-state index in [0.29, 0.717) is 17.2 Å². The predicted molar refractivity (Wildman–Crippen MR) is 82.6 cm³/mol. The Kier molecular flexibility index (Phi) is 3.75. The lowest BCUT2D eigenvalue weighted by Crippen LogP contribution is -2.39. The van der Waals surface area contributed by atoms with E-state index in [4.69, 9.17) is 14.2 Å². The topological polar surface area (TPSA) is 44.8 Å². The van der Waals surface area contributed by atoms with Crippen LogP contribution in [0.1, 0.15) is 16.7 Å². The van der Waals surface area contributed by atoms with Gasteiger partial charge in [0.25, 0.3) is 0 Å². The van der Waals surface area contributed by atoms with Crippen LogP contribution in [0.25, 0.3) is 0 Å². The van der Waals surface area contributed by atoms with Crippen LogP contribution in [-0.2, 0) is 4.79 Å². The third-order valence-corrected chi connectivity index (χ3v) is 3.85. The van der Waals surface area contributed by atoms with Crippen molar-refractivity contribution >= 4 is 5.97 Å². The summed E-state index contributed by atoms with van der Waals surface area (Å²) in [6, 6.07) is 11.2. The number of benzene rings is 2. The van der Waals surface area contributed by atoms with E-state index in [1.165, 1.54) is 0 Å². The summed E-state index contributed by atoms with van der Waals surface area (Å²) in [7, 11) is 0. The highest BCUT2D eigenvalue weighted by Gasteiger charge is 2.29. The molecule has 1 heterocycles. The van der Waals surface area contributed by atoms with Crippen LogP contribution < -0.4 is 14.2 Å². The van der Waals surface area contributed by atoms with Crippen molar-refractivity contribution in [3.8, 4) is 17.2 Å². The highest BCUT2D eigenvalue weighted by Crippen LogP contribution is 2.32. The summed E-state index contributed by atoms with van der Waals surface area (Å²) < 4.78 is 16.8. The van der Waals surface area contributed by atoms with Crippen LogP contribution >= 0.6 is 0 Å². The molecule has 22 heavy (non-hydrogen) atoms. The van der Waals surface area contributed by atoms with Crippen molar-refractivity contribution in [1.29, 1.82) is 0 Å². The summed E-state index contributed by atoms with van der Waals surface area (Å²) in [5, 5.41) is 0. The average Bonchev–Trinajstić information content (AvgIpc) is 2.54. The van der Waals surface area contributed by atoms with Gasteiger partial charge in [-0.3, -0.25) is 0 Å². The van der Waals surface area contributed by atoms with E-state index in [9.17, 15) is 4.79 Å². The van der Waals surface area contributed by atoms with Crippen LogP contribution in [-0.4, -0.2) is 18.7 Å². The summed E-state index contributed by atoms with van der Waals surface area (Å²) >= 11 is 0. The number of carbonyl (C=O) groups excluding carboxylic acids is 1. The Balaban J connectivity index is 1.78. The van der Waals surface area contributed by atoms with Gasteiger partial charge in [-0.25, -0.2) is 4.79 Å². The van der Waals surface area contributed by atoms with E-state index in [2.05, 4.69) is 0 Å². The van der Waals surface area contributed by atoms with Gasteiger partial charge in [0.1, 0.15) is 12.4 Å². The molecule has 2 aromatic rings.